The summed E-state index contributed by atoms with van der Waals surface area (Å²) >= 11 is 0. The van der Waals surface area contributed by atoms with Crippen LogP contribution in [0.1, 0.15) is 26.7 Å². The van der Waals surface area contributed by atoms with E-state index in [0.29, 0.717) is 6.04 Å². The van der Waals surface area contributed by atoms with Gasteiger partial charge in [-0.2, -0.15) is 0 Å². The first-order valence-electron chi connectivity index (χ1n) is 5.87. The average molecular weight is 213 g/mol. The number of rotatable bonds is 5. The van der Waals surface area contributed by atoms with Gasteiger partial charge in [-0.15, -0.1) is 0 Å². The molecule has 1 saturated heterocycles. The van der Waals surface area contributed by atoms with E-state index in [9.17, 15) is 4.79 Å². The maximum Gasteiger partial charge on any atom is 0.320 e. The van der Waals surface area contributed by atoms with Crippen molar-refractivity contribution < 1.29 is 4.79 Å². The molecule has 1 N–H and O–H groups in total. The molecule has 0 unspecified atom stereocenters. The molecule has 1 heterocycles. The number of carbonyl (C=O) groups excluding carboxylic acids is 1. The van der Waals surface area contributed by atoms with Crippen LogP contribution >= 0.6 is 0 Å². The molecule has 88 valence electrons. The number of nitrogens with zero attached hydrogens (tertiary/aromatic N) is 2. The minimum Gasteiger partial charge on any atom is -0.325 e. The summed E-state index contributed by atoms with van der Waals surface area (Å²) in [5, 5.41) is 3.10. The topological polar surface area (TPSA) is 35.6 Å². The molecule has 0 spiro atoms. The van der Waals surface area contributed by atoms with Crippen LogP contribution in [0.5, 0.6) is 0 Å². The number of amides is 2. The maximum absolute atomic E-state index is 12.0. The number of hydrogen-bond donors (Lipinski definition) is 1. The van der Waals surface area contributed by atoms with Crippen molar-refractivity contribution in [3.8, 4) is 0 Å². The summed E-state index contributed by atoms with van der Waals surface area (Å²) in [6.45, 7) is 7.85. The van der Waals surface area contributed by atoms with Crippen molar-refractivity contribution >= 4 is 6.03 Å². The summed E-state index contributed by atoms with van der Waals surface area (Å²) < 4.78 is 0. The Kier molecular flexibility index (Phi) is 4.88. The van der Waals surface area contributed by atoms with E-state index in [1.807, 2.05) is 16.8 Å². The van der Waals surface area contributed by atoms with Crippen LogP contribution in [-0.2, 0) is 0 Å². The minimum atomic E-state index is 0.215. The number of urea groups is 1. The van der Waals surface area contributed by atoms with Crippen LogP contribution in [0.3, 0.4) is 0 Å². The third-order valence-corrected chi connectivity index (χ3v) is 2.82. The molecule has 0 atom stereocenters. The van der Waals surface area contributed by atoms with Crippen LogP contribution in [0.4, 0.5) is 4.79 Å². The fourth-order valence-electron chi connectivity index (χ4n) is 1.94. The first kappa shape index (κ1) is 12.3. The van der Waals surface area contributed by atoms with Crippen molar-refractivity contribution in [3.63, 3.8) is 0 Å². The van der Waals surface area contributed by atoms with Crippen molar-refractivity contribution in [1.82, 2.24) is 15.1 Å². The molecule has 1 aliphatic rings. The van der Waals surface area contributed by atoms with Gasteiger partial charge in [-0.1, -0.05) is 0 Å². The molecule has 1 aliphatic heterocycles. The van der Waals surface area contributed by atoms with E-state index in [-0.39, 0.29) is 6.03 Å². The summed E-state index contributed by atoms with van der Waals surface area (Å²) in [5.41, 5.74) is 0. The quantitative estimate of drug-likeness (QED) is 0.695. The van der Waals surface area contributed by atoms with Crippen molar-refractivity contribution in [1.29, 1.82) is 0 Å². The lowest BCUT2D eigenvalue weighted by atomic mass is 10.2. The average Bonchev–Trinajstić information content (AvgIpc) is 2.20. The largest absolute Gasteiger partial charge is 0.325 e. The molecule has 4 heteroatoms. The molecule has 1 rings (SSSR count). The van der Waals surface area contributed by atoms with Crippen LogP contribution in [0.15, 0.2) is 0 Å². The molecule has 0 radical (unpaired) electrons. The van der Waals surface area contributed by atoms with E-state index in [4.69, 9.17) is 0 Å². The van der Waals surface area contributed by atoms with Crippen LogP contribution in [0.25, 0.3) is 0 Å². The lowest BCUT2D eigenvalue weighted by molar-refractivity contribution is 0.115. The van der Waals surface area contributed by atoms with E-state index >= 15 is 0 Å². The van der Waals surface area contributed by atoms with Gasteiger partial charge in [-0.25, -0.2) is 4.79 Å². The van der Waals surface area contributed by atoms with Gasteiger partial charge >= 0.3 is 6.03 Å². The monoisotopic (exact) mass is 213 g/mol. The zero-order valence-corrected chi connectivity index (χ0v) is 10.1. The second kappa shape index (κ2) is 5.95. The summed E-state index contributed by atoms with van der Waals surface area (Å²) in [7, 11) is 1.94. The lowest BCUT2D eigenvalue weighted by Gasteiger charge is -2.38. The van der Waals surface area contributed by atoms with Crippen molar-refractivity contribution in [2.45, 2.75) is 32.7 Å². The molecule has 0 aromatic rings. The van der Waals surface area contributed by atoms with Crippen LogP contribution in [0, 0.1) is 0 Å². The van der Waals surface area contributed by atoms with Crippen LogP contribution in [-0.4, -0.2) is 55.1 Å². The van der Waals surface area contributed by atoms with Gasteiger partial charge < -0.3 is 15.1 Å². The smallest absolute Gasteiger partial charge is 0.320 e. The Hall–Kier alpha value is -0.770. The van der Waals surface area contributed by atoms with Crippen molar-refractivity contribution in [3.05, 3.63) is 0 Å². The molecule has 0 bridgehead atoms. The molecule has 0 aromatic carbocycles. The Morgan fingerprint density at radius 2 is 2.13 bits per heavy atom. The summed E-state index contributed by atoms with van der Waals surface area (Å²) in [6, 6.07) is 0.539. The van der Waals surface area contributed by atoms with Crippen LogP contribution < -0.4 is 5.32 Å². The molecule has 1 fully saturated rings. The highest BCUT2D eigenvalue weighted by Crippen LogP contribution is 2.12. The minimum absolute atomic E-state index is 0.215. The molecule has 4 nitrogen and oxygen atoms in total. The normalized spacial score (nSPS) is 17.7. The third-order valence-electron chi connectivity index (χ3n) is 2.82. The van der Waals surface area contributed by atoms with Gasteiger partial charge in [-0.05, 0) is 40.3 Å². The Bertz CT molecular complexity index is 206. The van der Waals surface area contributed by atoms with E-state index < -0.39 is 0 Å². The van der Waals surface area contributed by atoms with Crippen molar-refractivity contribution in [2.24, 2.45) is 0 Å². The highest BCUT2D eigenvalue weighted by molar-refractivity contribution is 5.75. The molecule has 0 aliphatic carbocycles. The van der Waals surface area contributed by atoms with Crippen molar-refractivity contribution in [2.75, 3.05) is 33.2 Å². The lowest BCUT2D eigenvalue weighted by Crippen LogP contribution is -2.52. The van der Waals surface area contributed by atoms with Gasteiger partial charge in [0.2, 0.25) is 0 Å². The zero-order valence-electron chi connectivity index (χ0n) is 10.1. The van der Waals surface area contributed by atoms with Gasteiger partial charge in [0.15, 0.2) is 0 Å². The Morgan fingerprint density at radius 1 is 1.40 bits per heavy atom. The molecular weight excluding hydrogens is 190 g/mol. The third kappa shape index (κ3) is 3.38. The Morgan fingerprint density at radius 3 is 2.73 bits per heavy atom. The highest BCUT2D eigenvalue weighted by Gasteiger charge is 2.26. The molecule has 2 amide bonds. The Balaban J connectivity index is 2.40. The second-order valence-electron chi connectivity index (χ2n) is 4.37. The van der Waals surface area contributed by atoms with E-state index in [1.165, 1.54) is 0 Å². The van der Waals surface area contributed by atoms with Gasteiger partial charge in [-0.3, -0.25) is 0 Å². The fraction of sp³-hybridized carbons (Fsp3) is 0.909. The second-order valence-corrected chi connectivity index (χ2v) is 4.37. The number of carbonyl (C=O) groups is 1. The number of nitrogens with one attached hydrogen (secondary N) is 1. The van der Waals surface area contributed by atoms with E-state index in [2.05, 4.69) is 19.2 Å². The fourth-order valence-corrected chi connectivity index (χ4v) is 1.94. The van der Waals surface area contributed by atoms with Gasteiger partial charge in [0.05, 0.1) is 0 Å². The SMILES string of the molecule is CNCCCN1CCCN(C(C)C)C1=O. The molecule has 15 heavy (non-hydrogen) atoms. The first-order chi connectivity index (χ1) is 7.16. The predicted octanol–water partition coefficient (Wildman–Crippen LogP) is 1.13. The maximum atomic E-state index is 12.0. The summed E-state index contributed by atoms with van der Waals surface area (Å²) in [5.74, 6) is 0. The summed E-state index contributed by atoms with van der Waals surface area (Å²) in [4.78, 5) is 15.9. The highest BCUT2D eigenvalue weighted by atomic mass is 16.2. The molecule has 0 aromatic heterocycles. The van der Waals surface area contributed by atoms with E-state index in [0.717, 1.165) is 39.0 Å². The van der Waals surface area contributed by atoms with Gasteiger partial charge in [0.25, 0.3) is 0 Å². The zero-order chi connectivity index (χ0) is 11.3. The van der Waals surface area contributed by atoms with Gasteiger partial charge in [0.1, 0.15) is 0 Å². The molecule has 0 saturated carbocycles. The standard InChI is InChI=1S/C11H23N3O/c1-10(2)14-9-5-8-13(11(14)15)7-4-6-12-3/h10,12H,4-9H2,1-3H3. The summed E-state index contributed by atoms with van der Waals surface area (Å²) in [6.07, 6.45) is 2.14. The Labute approximate surface area is 92.6 Å². The van der Waals surface area contributed by atoms with E-state index in [1.54, 1.807) is 0 Å². The van der Waals surface area contributed by atoms with Crippen LogP contribution in [0.2, 0.25) is 0 Å². The number of hydrogen-bond acceptors (Lipinski definition) is 2. The first-order valence-corrected chi connectivity index (χ1v) is 5.87. The predicted molar refractivity (Wildman–Crippen MR) is 62.0 cm³/mol. The van der Waals surface area contributed by atoms with Gasteiger partial charge in [0, 0.05) is 25.7 Å². The molecular formula is C11H23N3O.